The number of nitrogens with zero attached hydrogens (tertiary/aromatic N) is 2. The number of rotatable bonds is 3. The van der Waals surface area contributed by atoms with Crippen LogP contribution in [0.5, 0.6) is 0 Å². The molecule has 0 saturated carbocycles. The standard InChI is InChI=1S/C13H12ClN3S/c14-9-3-4-12-11(8-9)16-13(15)17(12)6-5-10-2-1-7-18-10/h1-4,7-8H,5-6H2,(H2,15,16). The van der Waals surface area contributed by atoms with Crippen LogP contribution in [0.1, 0.15) is 4.88 Å². The van der Waals surface area contributed by atoms with Crippen molar-refractivity contribution in [2.45, 2.75) is 13.0 Å². The van der Waals surface area contributed by atoms with E-state index in [1.807, 2.05) is 22.8 Å². The number of imidazole rings is 1. The number of aromatic nitrogens is 2. The van der Waals surface area contributed by atoms with Crippen LogP contribution in [-0.2, 0) is 13.0 Å². The van der Waals surface area contributed by atoms with Gasteiger partial charge in [0, 0.05) is 16.4 Å². The molecule has 0 aliphatic heterocycles. The van der Waals surface area contributed by atoms with Crippen LogP contribution in [0.25, 0.3) is 11.0 Å². The van der Waals surface area contributed by atoms with Gasteiger partial charge < -0.3 is 10.3 Å². The van der Waals surface area contributed by atoms with E-state index >= 15 is 0 Å². The van der Waals surface area contributed by atoms with Gasteiger partial charge in [-0.3, -0.25) is 0 Å². The van der Waals surface area contributed by atoms with E-state index in [1.54, 1.807) is 11.3 Å². The second-order valence-corrected chi connectivity index (χ2v) is 5.55. The van der Waals surface area contributed by atoms with Gasteiger partial charge in [-0.2, -0.15) is 0 Å². The normalized spacial score (nSPS) is 11.2. The summed E-state index contributed by atoms with van der Waals surface area (Å²) in [7, 11) is 0. The van der Waals surface area contributed by atoms with E-state index in [9.17, 15) is 0 Å². The van der Waals surface area contributed by atoms with E-state index in [1.165, 1.54) is 4.88 Å². The van der Waals surface area contributed by atoms with Crippen LogP contribution in [0.3, 0.4) is 0 Å². The van der Waals surface area contributed by atoms with Crippen molar-refractivity contribution in [1.82, 2.24) is 9.55 Å². The fourth-order valence-corrected chi connectivity index (χ4v) is 2.90. The molecular formula is C13H12ClN3S. The van der Waals surface area contributed by atoms with Gasteiger partial charge in [-0.15, -0.1) is 11.3 Å². The fraction of sp³-hybridized carbons (Fsp3) is 0.154. The Kier molecular flexibility index (Phi) is 2.97. The summed E-state index contributed by atoms with van der Waals surface area (Å²) < 4.78 is 2.03. The first-order valence-electron chi connectivity index (χ1n) is 5.68. The van der Waals surface area contributed by atoms with Gasteiger partial charge in [0.05, 0.1) is 11.0 Å². The highest BCUT2D eigenvalue weighted by Gasteiger charge is 2.08. The molecule has 0 saturated heterocycles. The van der Waals surface area contributed by atoms with E-state index in [2.05, 4.69) is 22.5 Å². The predicted octanol–water partition coefficient (Wildman–Crippen LogP) is 3.58. The molecule has 2 heterocycles. The number of anilines is 1. The van der Waals surface area contributed by atoms with Crippen molar-refractivity contribution < 1.29 is 0 Å². The average Bonchev–Trinajstić information content (AvgIpc) is 2.93. The zero-order chi connectivity index (χ0) is 12.5. The Morgan fingerprint density at radius 1 is 1.33 bits per heavy atom. The number of nitrogen functional groups attached to an aromatic ring is 1. The average molecular weight is 278 g/mol. The van der Waals surface area contributed by atoms with E-state index in [-0.39, 0.29) is 0 Å². The number of aryl methyl sites for hydroxylation is 2. The second-order valence-electron chi connectivity index (χ2n) is 4.08. The molecule has 1 aromatic carbocycles. The summed E-state index contributed by atoms with van der Waals surface area (Å²) >= 11 is 7.71. The number of halogens is 1. The van der Waals surface area contributed by atoms with Gasteiger partial charge >= 0.3 is 0 Å². The van der Waals surface area contributed by atoms with Crippen molar-refractivity contribution in [3.05, 3.63) is 45.6 Å². The van der Waals surface area contributed by atoms with Crippen LogP contribution in [-0.4, -0.2) is 9.55 Å². The summed E-state index contributed by atoms with van der Waals surface area (Å²) in [6, 6.07) is 9.88. The lowest BCUT2D eigenvalue weighted by Crippen LogP contribution is -2.04. The lowest BCUT2D eigenvalue weighted by molar-refractivity contribution is 0.733. The highest BCUT2D eigenvalue weighted by molar-refractivity contribution is 7.09. The molecule has 0 aliphatic rings. The van der Waals surface area contributed by atoms with Crippen LogP contribution >= 0.6 is 22.9 Å². The molecule has 0 atom stereocenters. The number of hydrogen-bond donors (Lipinski definition) is 1. The molecule has 3 rings (SSSR count). The first-order valence-corrected chi connectivity index (χ1v) is 6.93. The zero-order valence-corrected chi connectivity index (χ0v) is 11.2. The van der Waals surface area contributed by atoms with Crippen molar-refractivity contribution >= 4 is 39.9 Å². The Labute approximate surface area is 114 Å². The van der Waals surface area contributed by atoms with E-state index in [0.717, 1.165) is 24.0 Å². The van der Waals surface area contributed by atoms with Gasteiger partial charge in [0.25, 0.3) is 0 Å². The first-order chi connectivity index (χ1) is 8.74. The van der Waals surface area contributed by atoms with Gasteiger partial charge in [0.15, 0.2) is 0 Å². The summed E-state index contributed by atoms with van der Waals surface area (Å²) in [4.78, 5) is 5.69. The molecule has 2 N–H and O–H groups in total. The van der Waals surface area contributed by atoms with Gasteiger partial charge in [0.2, 0.25) is 5.95 Å². The van der Waals surface area contributed by atoms with Crippen LogP contribution in [0.2, 0.25) is 5.02 Å². The van der Waals surface area contributed by atoms with E-state index in [4.69, 9.17) is 17.3 Å². The Morgan fingerprint density at radius 3 is 3.00 bits per heavy atom. The van der Waals surface area contributed by atoms with Crippen molar-refractivity contribution in [3.8, 4) is 0 Å². The van der Waals surface area contributed by atoms with Gasteiger partial charge in [0.1, 0.15) is 0 Å². The van der Waals surface area contributed by atoms with Gasteiger partial charge in [-0.25, -0.2) is 4.98 Å². The highest BCUT2D eigenvalue weighted by atomic mass is 35.5. The molecule has 0 spiro atoms. The molecule has 0 amide bonds. The number of hydrogen-bond acceptors (Lipinski definition) is 3. The molecule has 0 unspecified atom stereocenters. The van der Waals surface area contributed by atoms with Crippen LogP contribution in [0, 0.1) is 0 Å². The summed E-state index contributed by atoms with van der Waals surface area (Å²) in [5.41, 5.74) is 7.84. The third kappa shape index (κ3) is 2.09. The lowest BCUT2D eigenvalue weighted by Gasteiger charge is -2.05. The summed E-state index contributed by atoms with van der Waals surface area (Å²) in [6.07, 6.45) is 0.968. The second kappa shape index (κ2) is 4.63. The minimum absolute atomic E-state index is 0.545. The highest BCUT2D eigenvalue weighted by Crippen LogP contribution is 2.22. The summed E-state index contributed by atoms with van der Waals surface area (Å²) in [6.45, 7) is 0.838. The Morgan fingerprint density at radius 2 is 2.22 bits per heavy atom. The van der Waals surface area contributed by atoms with Crippen LogP contribution in [0.4, 0.5) is 5.95 Å². The molecule has 2 aromatic heterocycles. The molecule has 3 nitrogen and oxygen atoms in total. The zero-order valence-electron chi connectivity index (χ0n) is 9.64. The third-order valence-electron chi connectivity index (χ3n) is 2.90. The minimum atomic E-state index is 0.545. The molecule has 0 aliphatic carbocycles. The molecule has 92 valence electrons. The maximum Gasteiger partial charge on any atom is 0.201 e. The quantitative estimate of drug-likeness (QED) is 0.795. The Balaban J connectivity index is 1.93. The smallest absolute Gasteiger partial charge is 0.201 e. The number of nitrogens with two attached hydrogens (primary N) is 1. The third-order valence-corrected chi connectivity index (χ3v) is 4.07. The van der Waals surface area contributed by atoms with E-state index in [0.29, 0.717) is 11.0 Å². The Bertz CT molecular complexity index is 673. The van der Waals surface area contributed by atoms with Crippen LogP contribution < -0.4 is 5.73 Å². The molecular weight excluding hydrogens is 266 g/mol. The van der Waals surface area contributed by atoms with Crippen LogP contribution in [0.15, 0.2) is 35.7 Å². The molecule has 0 bridgehead atoms. The molecule has 18 heavy (non-hydrogen) atoms. The monoisotopic (exact) mass is 277 g/mol. The number of fused-ring (bicyclic) bond motifs is 1. The molecule has 0 radical (unpaired) electrons. The SMILES string of the molecule is Nc1nc2cc(Cl)ccc2n1CCc1cccs1. The Hall–Kier alpha value is -1.52. The summed E-state index contributed by atoms with van der Waals surface area (Å²) in [5, 5.41) is 2.77. The first kappa shape index (κ1) is 11.6. The maximum absolute atomic E-state index is 5.96. The maximum atomic E-state index is 5.96. The van der Waals surface area contributed by atoms with Crippen molar-refractivity contribution in [2.24, 2.45) is 0 Å². The topological polar surface area (TPSA) is 43.8 Å². The van der Waals surface area contributed by atoms with Crippen molar-refractivity contribution in [3.63, 3.8) is 0 Å². The van der Waals surface area contributed by atoms with Crippen molar-refractivity contribution in [2.75, 3.05) is 5.73 Å². The van der Waals surface area contributed by atoms with Gasteiger partial charge in [-0.05, 0) is 36.1 Å². The molecule has 0 fully saturated rings. The molecule has 3 aromatic rings. The van der Waals surface area contributed by atoms with Crippen molar-refractivity contribution in [1.29, 1.82) is 0 Å². The number of benzene rings is 1. The molecule has 5 heteroatoms. The minimum Gasteiger partial charge on any atom is -0.369 e. The lowest BCUT2D eigenvalue weighted by atomic mass is 10.3. The van der Waals surface area contributed by atoms with Gasteiger partial charge in [-0.1, -0.05) is 17.7 Å². The van der Waals surface area contributed by atoms with E-state index < -0.39 is 0 Å². The predicted molar refractivity (Wildman–Crippen MR) is 77.2 cm³/mol. The summed E-state index contributed by atoms with van der Waals surface area (Å²) in [5.74, 6) is 0.545. The largest absolute Gasteiger partial charge is 0.369 e. The fourth-order valence-electron chi connectivity index (χ4n) is 2.03. The number of thiophene rings is 1.